The highest BCUT2D eigenvalue weighted by Crippen LogP contribution is 2.30. The minimum Gasteiger partial charge on any atom is -0.354 e. The number of carbonyl (C=O) groups excluding carboxylic acids is 1. The van der Waals surface area contributed by atoms with Crippen LogP contribution >= 0.6 is 0 Å². The first-order valence-electron chi connectivity index (χ1n) is 13.2. The van der Waals surface area contributed by atoms with E-state index in [-0.39, 0.29) is 11.8 Å². The predicted molar refractivity (Wildman–Crippen MR) is 146 cm³/mol. The monoisotopic (exact) mass is 514 g/mol. The number of aromatic nitrogens is 4. The van der Waals surface area contributed by atoms with Crippen molar-refractivity contribution in [3.8, 4) is 17.1 Å². The number of rotatable bonds is 4. The van der Waals surface area contributed by atoms with Crippen LogP contribution in [0.3, 0.4) is 0 Å². The molecule has 2 saturated heterocycles. The number of carbonyl (C=O) groups is 1. The number of hydrogen-bond donors (Lipinski definition) is 1. The molecular formula is C28H31FN8O. The van der Waals surface area contributed by atoms with Crippen LogP contribution in [0.2, 0.25) is 0 Å². The van der Waals surface area contributed by atoms with Gasteiger partial charge in [-0.05, 0) is 68.8 Å². The average Bonchev–Trinajstić information content (AvgIpc) is 3.33. The predicted octanol–water partition coefficient (Wildman–Crippen LogP) is 4.39. The van der Waals surface area contributed by atoms with E-state index >= 15 is 0 Å². The van der Waals surface area contributed by atoms with Crippen molar-refractivity contribution in [2.24, 2.45) is 0 Å². The smallest absolute Gasteiger partial charge is 0.323 e. The van der Waals surface area contributed by atoms with Crippen LogP contribution in [0.1, 0.15) is 19.3 Å². The molecule has 6 rings (SSSR count). The molecular weight excluding hydrogens is 483 g/mol. The normalized spacial score (nSPS) is 16.7. The van der Waals surface area contributed by atoms with Crippen LogP contribution in [-0.4, -0.2) is 81.7 Å². The molecule has 38 heavy (non-hydrogen) atoms. The number of likely N-dealkylation sites (tertiary alicyclic amines) is 1. The van der Waals surface area contributed by atoms with Crippen molar-refractivity contribution in [2.75, 3.05) is 56.5 Å². The Kier molecular flexibility index (Phi) is 6.63. The van der Waals surface area contributed by atoms with E-state index in [0.717, 1.165) is 81.1 Å². The summed E-state index contributed by atoms with van der Waals surface area (Å²) in [5.41, 5.74) is 2.96. The third-order valence-electron chi connectivity index (χ3n) is 7.30. The maximum absolute atomic E-state index is 13.7. The number of piperidine rings is 1. The Labute approximate surface area is 220 Å². The van der Waals surface area contributed by atoms with Crippen LogP contribution in [0.5, 0.6) is 0 Å². The molecule has 2 aliphatic rings. The van der Waals surface area contributed by atoms with Gasteiger partial charge in [-0.2, -0.15) is 0 Å². The van der Waals surface area contributed by atoms with Crippen LogP contribution in [0, 0.1) is 5.82 Å². The van der Waals surface area contributed by atoms with Crippen molar-refractivity contribution in [3.63, 3.8) is 0 Å². The fourth-order valence-electron chi connectivity index (χ4n) is 5.11. The number of amides is 2. The molecule has 0 saturated carbocycles. The summed E-state index contributed by atoms with van der Waals surface area (Å²) in [5.74, 6) is 1.69. The Balaban J connectivity index is 1.41. The molecule has 0 unspecified atom stereocenters. The number of benzene rings is 1. The standard InChI is InChI=1S/C28H31FN8O/c1-34-15-17-35(18-16-34)25-10-9-23-27(33-25)37(26(31-23)20-5-7-21(29)8-6-20)22-11-12-30-24(19-22)32-28(38)36-13-3-2-4-14-36/h5-12,19H,2-4,13-18H2,1H3,(H,30,32,38). The fourth-order valence-corrected chi connectivity index (χ4v) is 5.11. The first-order chi connectivity index (χ1) is 18.5. The maximum Gasteiger partial charge on any atom is 0.323 e. The molecule has 1 aromatic carbocycles. The number of pyridine rings is 2. The molecule has 0 aliphatic carbocycles. The van der Waals surface area contributed by atoms with E-state index in [1.807, 2.05) is 33.7 Å². The SMILES string of the molecule is CN1CCN(c2ccc3nc(-c4ccc(F)cc4)n(-c4ccnc(NC(=O)N5CCCCC5)c4)c3n2)CC1. The van der Waals surface area contributed by atoms with Gasteiger partial charge in [0.05, 0.1) is 5.69 Å². The average molecular weight is 515 g/mol. The molecule has 10 heteroatoms. The Hall–Kier alpha value is -4.05. The quantitative estimate of drug-likeness (QED) is 0.435. The van der Waals surface area contributed by atoms with Crippen molar-refractivity contribution >= 4 is 28.8 Å². The lowest BCUT2D eigenvalue weighted by Gasteiger charge is -2.33. The van der Waals surface area contributed by atoms with Gasteiger partial charge in [-0.3, -0.25) is 9.88 Å². The summed E-state index contributed by atoms with van der Waals surface area (Å²) < 4.78 is 15.7. The van der Waals surface area contributed by atoms with Gasteiger partial charge in [0.25, 0.3) is 0 Å². The van der Waals surface area contributed by atoms with Gasteiger partial charge in [-0.25, -0.2) is 24.1 Å². The number of piperazine rings is 1. The second kappa shape index (κ2) is 10.4. The van der Waals surface area contributed by atoms with Crippen LogP contribution in [0.25, 0.3) is 28.2 Å². The molecule has 196 valence electrons. The molecule has 0 bridgehead atoms. The molecule has 2 amide bonds. The Bertz CT molecular complexity index is 1440. The van der Waals surface area contributed by atoms with E-state index < -0.39 is 0 Å². The van der Waals surface area contributed by atoms with Crippen molar-refractivity contribution < 1.29 is 9.18 Å². The summed E-state index contributed by atoms with van der Waals surface area (Å²) in [4.78, 5) is 33.6. The second-order valence-corrected chi connectivity index (χ2v) is 9.96. The topological polar surface area (TPSA) is 82.4 Å². The molecule has 9 nitrogen and oxygen atoms in total. The van der Waals surface area contributed by atoms with Crippen LogP contribution < -0.4 is 10.2 Å². The molecule has 2 aliphatic heterocycles. The van der Waals surface area contributed by atoms with E-state index in [4.69, 9.17) is 9.97 Å². The largest absolute Gasteiger partial charge is 0.354 e. The molecule has 2 fully saturated rings. The third kappa shape index (κ3) is 4.91. The summed E-state index contributed by atoms with van der Waals surface area (Å²) in [6, 6.07) is 13.9. The molecule has 0 spiro atoms. The lowest BCUT2D eigenvalue weighted by atomic mass is 10.1. The Morgan fingerprint density at radius 1 is 0.895 bits per heavy atom. The number of likely N-dealkylation sites (N-methyl/N-ethyl adjacent to an activating group) is 1. The first kappa shape index (κ1) is 24.3. The lowest BCUT2D eigenvalue weighted by Crippen LogP contribution is -2.44. The minimum atomic E-state index is -0.307. The van der Waals surface area contributed by atoms with Gasteiger partial charge in [0, 0.05) is 57.1 Å². The zero-order valence-corrected chi connectivity index (χ0v) is 21.5. The third-order valence-corrected chi connectivity index (χ3v) is 7.30. The number of urea groups is 1. The Morgan fingerprint density at radius 2 is 1.66 bits per heavy atom. The zero-order valence-electron chi connectivity index (χ0n) is 21.5. The molecule has 0 atom stereocenters. The van der Waals surface area contributed by atoms with E-state index in [0.29, 0.717) is 17.3 Å². The lowest BCUT2D eigenvalue weighted by molar-refractivity contribution is 0.200. The summed E-state index contributed by atoms with van der Waals surface area (Å²) in [5, 5.41) is 2.96. The van der Waals surface area contributed by atoms with Crippen LogP contribution in [-0.2, 0) is 0 Å². The number of anilines is 2. The second-order valence-electron chi connectivity index (χ2n) is 9.96. The first-order valence-corrected chi connectivity index (χ1v) is 13.2. The highest BCUT2D eigenvalue weighted by Gasteiger charge is 2.21. The van der Waals surface area contributed by atoms with Gasteiger partial charge >= 0.3 is 6.03 Å². The summed E-state index contributed by atoms with van der Waals surface area (Å²) in [6.07, 6.45) is 4.86. The highest BCUT2D eigenvalue weighted by atomic mass is 19.1. The van der Waals surface area contributed by atoms with Gasteiger partial charge in [0.2, 0.25) is 0 Å². The number of hydrogen-bond acceptors (Lipinski definition) is 6. The van der Waals surface area contributed by atoms with Crippen molar-refractivity contribution in [1.29, 1.82) is 0 Å². The molecule has 1 N–H and O–H groups in total. The van der Waals surface area contributed by atoms with Crippen molar-refractivity contribution in [3.05, 3.63) is 60.5 Å². The number of nitrogens with one attached hydrogen (secondary N) is 1. The highest BCUT2D eigenvalue weighted by molar-refractivity contribution is 5.89. The number of fused-ring (bicyclic) bond motifs is 1. The van der Waals surface area contributed by atoms with Crippen molar-refractivity contribution in [1.82, 2.24) is 29.3 Å². The minimum absolute atomic E-state index is 0.140. The van der Waals surface area contributed by atoms with E-state index in [1.54, 1.807) is 18.3 Å². The molecule has 3 aromatic heterocycles. The summed E-state index contributed by atoms with van der Waals surface area (Å²) in [7, 11) is 2.13. The zero-order chi connectivity index (χ0) is 26.1. The van der Waals surface area contributed by atoms with Gasteiger partial charge < -0.3 is 14.7 Å². The fraction of sp³-hybridized carbons (Fsp3) is 0.357. The van der Waals surface area contributed by atoms with Gasteiger partial charge in [0.15, 0.2) is 5.65 Å². The van der Waals surface area contributed by atoms with Crippen LogP contribution in [0.15, 0.2) is 54.7 Å². The van der Waals surface area contributed by atoms with Gasteiger partial charge in [0.1, 0.15) is 28.8 Å². The van der Waals surface area contributed by atoms with Crippen molar-refractivity contribution in [2.45, 2.75) is 19.3 Å². The summed E-state index contributed by atoms with van der Waals surface area (Å²) in [6.45, 7) is 5.26. The number of halogens is 1. The number of nitrogens with zero attached hydrogens (tertiary/aromatic N) is 7. The van der Waals surface area contributed by atoms with E-state index in [1.165, 1.54) is 12.1 Å². The van der Waals surface area contributed by atoms with Crippen LogP contribution in [0.4, 0.5) is 20.8 Å². The Morgan fingerprint density at radius 3 is 2.42 bits per heavy atom. The van der Waals surface area contributed by atoms with E-state index in [2.05, 4.69) is 27.1 Å². The van der Waals surface area contributed by atoms with Gasteiger partial charge in [-0.1, -0.05) is 0 Å². The summed E-state index contributed by atoms with van der Waals surface area (Å²) >= 11 is 0. The maximum atomic E-state index is 13.7. The molecule has 4 aromatic rings. The van der Waals surface area contributed by atoms with Gasteiger partial charge in [-0.15, -0.1) is 0 Å². The molecule has 0 radical (unpaired) electrons. The van der Waals surface area contributed by atoms with E-state index in [9.17, 15) is 9.18 Å². The number of imidazole rings is 1. The molecule has 5 heterocycles.